The van der Waals surface area contributed by atoms with E-state index in [2.05, 4.69) is 47.2 Å². The summed E-state index contributed by atoms with van der Waals surface area (Å²) in [6.07, 6.45) is 6.26. The monoisotopic (exact) mass is 399 g/mol. The molecule has 2 rings (SSSR count). The summed E-state index contributed by atoms with van der Waals surface area (Å²) in [4.78, 5) is 0. The highest BCUT2D eigenvalue weighted by atomic mass is 79.9. The molecular weight excluding hydrogens is 390 g/mol. The molecule has 2 aromatic heterocycles. The minimum absolute atomic E-state index is 0.632. The second kappa shape index (κ2) is 6.45. The van der Waals surface area contributed by atoms with E-state index in [0.717, 1.165) is 12.9 Å². The molecule has 0 atom stereocenters. The van der Waals surface area contributed by atoms with Gasteiger partial charge >= 0.3 is 10.2 Å². The van der Waals surface area contributed by atoms with Crippen molar-refractivity contribution in [1.82, 2.24) is 23.7 Å². The Morgan fingerprint density at radius 3 is 2.22 bits per heavy atom. The van der Waals surface area contributed by atoms with Crippen LogP contribution in [-0.4, -0.2) is 46.2 Å². The highest BCUT2D eigenvalue weighted by Gasteiger charge is 2.16. The van der Waals surface area contributed by atoms with Crippen LogP contribution in [0.25, 0.3) is 0 Å². The van der Waals surface area contributed by atoms with E-state index < -0.39 is 10.2 Å². The predicted molar refractivity (Wildman–Crippen MR) is 74.2 cm³/mol. The number of halogens is 2. The van der Waals surface area contributed by atoms with E-state index in [-0.39, 0.29) is 0 Å². The lowest BCUT2D eigenvalue weighted by Gasteiger charge is -2.09. The first-order valence-electron chi connectivity index (χ1n) is 4.61. The van der Waals surface area contributed by atoms with Gasteiger partial charge < -0.3 is 0 Å². The Morgan fingerprint density at radius 2 is 1.94 bits per heavy atom. The molecule has 2 aromatic rings. The molecule has 0 amide bonds. The van der Waals surface area contributed by atoms with Crippen LogP contribution in [0.3, 0.4) is 0 Å². The molecule has 0 aliphatic carbocycles. The Labute approximate surface area is 122 Å². The van der Waals surface area contributed by atoms with E-state index in [1.54, 1.807) is 12.4 Å². The molecule has 10 heteroatoms. The summed E-state index contributed by atoms with van der Waals surface area (Å²) in [6, 6.07) is 0. The first kappa shape index (κ1) is 15.3. The zero-order valence-corrected chi connectivity index (χ0v) is 13.6. The van der Waals surface area contributed by atoms with Crippen LogP contribution in [0, 0.1) is 0 Å². The van der Waals surface area contributed by atoms with Gasteiger partial charge in [0, 0.05) is 20.3 Å². The SMILES string of the molecule is Brc1cn[nH]c1.CN(C)S(=O)(=O)n1cc(Br)cn1. The van der Waals surface area contributed by atoms with Gasteiger partial charge in [-0.15, -0.1) is 0 Å². The van der Waals surface area contributed by atoms with Crippen molar-refractivity contribution in [3.8, 4) is 0 Å². The Kier molecular flexibility index (Phi) is 5.50. The van der Waals surface area contributed by atoms with Gasteiger partial charge in [-0.1, -0.05) is 0 Å². The van der Waals surface area contributed by atoms with Gasteiger partial charge in [0.2, 0.25) is 0 Å². The molecule has 100 valence electrons. The Morgan fingerprint density at radius 1 is 1.28 bits per heavy atom. The van der Waals surface area contributed by atoms with Crippen LogP contribution in [0.15, 0.2) is 33.7 Å². The first-order chi connectivity index (χ1) is 8.34. The van der Waals surface area contributed by atoms with E-state index in [0.29, 0.717) is 4.47 Å². The fourth-order valence-corrected chi connectivity index (χ4v) is 2.19. The fourth-order valence-electron chi connectivity index (χ4n) is 0.813. The number of hydrogen-bond donors (Lipinski definition) is 1. The van der Waals surface area contributed by atoms with Gasteiger partial charge in [-0.3, -0.25) is 5.10 Å². The lowest BCUT2D eigenvalue weighted by atomic mass is 10.8. The smallest absolute Gasteiger partial charge is 0.285 e. The van der Waals surface area contributed by atoms with Crippen molar-refractivity contribution in [3.63, 3.8) is 0 Å². The highest BCUT2D eigenvalue weighted by Crippen LogP contribution is 2.09. The second-order valence-corrected chi connectivity index (χ2v) is 7.07. The van der Waals surface area contributed by atoms with Crippen molar-refractivity contribution < 1.29 is 8.42 Å². The molecule has 0 fully saturated rings. The molecule has 2 heterocycles. The van der Waals surface area contributed by atoms with Crippen LogP contribution in [0.4, 0.5) is 0 Å². The van der Waals surface area contributed by atoms with Crippen LogP contribution < -0.4 is 0 Å². The van der Waals surface area contributed by atoms with Gasteiger partial charge in [0.05, 0.1) is 27.5 Å². The van der Waals surface area contributed by atoms with E-state index in [4.69, 9.17) is 0 Å². The zero-order chi connectivity index (χ0) is 13.8. The summed E-state index contributed by atoms with van der Waals surface area (Å²) in [5, 5.41) is 9.93. The Bertz CT molecular complexity index is 578. The maximum Gasteiger partial charge on any atom is 0.322 e. The molecule has 0 radical (unpaired) electrons. The van der Waals surface area contributed by atoms with E-state index >= 15 is 0 Å². The van der Waals surface area contributed by atoms with Crippen LogP contribution >= 0.6 is 31.9 Å². The molecule has 0 unspecified atom stereocenters. The molecule has 1 N–H and O–H groups in total. The molecule has 0 saturated carbocycles. The van der Waals surface area contributed by atoms with Gasteiger partial charge in [0.25, 0.3) is 0 Å². The van der Waals surface area contributed by atoms with Crippen molar-refractivity contribution in [2.75, 3.05) is 14.1 Å². The lowest BCUT2D eigenvalue weighted by molar-refractivity contribution is 0.504. The maximum atomic E-state index is 11.4. The van der Waals surface area contributed by atoms with Crippen molar-refractivity contribution >= 4 is 42.1 Å². The number of aromatic amines is 1. The Hall–Kier alpha value is -0.710. The van der Waals surface area contributed by atoms with Crippen molar-refractivity contribution in [3.05, 3.63) is 33.7 Å². The average Bonchev–Trinajstić information content (AvgIpc) is 2.90. The largest absolute Gasteiger partial charge is 0.322 e. The lowest BCUT2D eigenvalue weighted by Crippen LogP contribution is -2.29. The molecule has 0 aliphatic heterocycles. The summed E-state index contributed by atoms with van der Waals surface area (Å²) in [5.41, 5.74) is 0. The summed E-state index contributed by atoms with van der Waals surface area (Å²) in [5.74, 6) is 0. The van der Waals surface area contributed by atoms with Crippen LogP contribution in [0.2, 0.25) is 0 Å². The summed E-state index contributed by atoms with van der Waals surface area (Å²) >= 11 is 6.29. The molecule has 0 bridgehead atoms. The molecule has 18 heavy (non-hydrogen) atoms. The Balaban J connectivity index is 0.000000225. The third-order valence-electron chi connectivity index (χ3n) is 1.69. The van der Waals surface area contributed by atoms with E-state index in [9.17, 15) is 8.42 Å². The van der Waals surface area contributed by atoms with Gasteiger partial charge in [0.15, 0.2) is 0 Å². The number of H-pyrrole nitrogens is 1. The highest BCUT2D eigenvalue weighted by molar-refractivity contribution is 9.10. The molecule has 0 saturated heterocycles. The van der Waals surface area contributed by atoms with Crippen molar-refractivity contribution in [2.24, 2.45) is 0 Å². The summed E-state index contributed by atoms with van der Waals surface area (Å²) < 4.78 is 26.3. The number of rotatable bonds is 2. The predicted octanol–water partition coefficient (Wildman–Crippen LogP) is 1.47. The summed E-state index contributed by atoms with van der Waals surface area (Å²) in [7, 11) is -0.549. The topological polar surface area (TPSA) is 83.9 Å². The number of nitrogens with zero attached hydrogens (tertiary/aromatic N) is 4. The quantitative estimate of drug-likeness (QED) is 0.827. The maximum absolute atomic E-state index is 11.4. The van der Waals surface area contributed by atoms with Crippen molar-refractivity contribution in [1.29, 1.82) is 0 Å². The van der Waals surface area contributed by atoms with Gasteiger partial charge in [0.1, 0.15) is 0 Å². The number of aromatic nitrogens is 4. The summed E-state index contributed by atoms with van der Waals surface area (Å²) in [6.45, 7) is 0. The second-order valence-electron chi connectivity index (χ2n) is 3.24. The molecule has 0 aliphatic rings. The minimum atomic E-state index is -3.45. The molecular formula is C8H11Br2N5O2S. The van der Waals surface area contributed by atoms with Gasteiger partial charge in [-0.25, -0.2) is 0 Å². The van der Waals surface area contributed by atoms with Crippen LogP contribution in [-0.2, 0) is 10.2 Å². The van der Waals surface area contributed by atoms with Crippen molar-refractivity contribution in [2.45, 2.75) is 0 Å². The molecule has 7 nitrogen and oxygen atoms in total. The van der Waals surface area contributed by atoms with Gasteiger partial charge in [-0.05, 0) is 31.9 Å². The molecule has 0 spiro atoms. The van der Waals surface area contributed by atoms with E-state index in [1.165, 1.54) is 26.5 Å². The fraction of sp³-hybridized carbons (Fsp3) is 0.250. The third-order valence-corrected chi connectivity index (χ3v) is 4.13. The van der Waals surface area contributed by atoms with Gasteiger partial charge in [-0.2, -0.15) is 27.0 Å². The third kappa shape index (κ3) is 4.19. The minimum Gasteiger partial charge on any atom is -0.285 e. The van der Waals surface area contributed by atoms with E-state index in [1.807, 2.05) is 0 Å². The van der Waals surface area contributed by atoms with Crippen LogP contribution in [0.5, 0.6) is 0 Å². The molecule has 0 aromatic carbocycles. The number of nitrogens with one attached hydrogen (secondary N) is 1. The standard InChI is InChI=1S/C5H8BrN3O2S.C3H3BrN2/c1-8(2)12(10,11)9-4-5(6)3-7-9;4-3-1-5-6-2-3/h3-4H,1-2H3;1-2H,(H,5,6). The number of hydrogen-bond acceptors (Lipinski definition) is 4. The first-order valence-corrected chi connectivity index (χ1v) is 7.60. The average molecular weight is 401 g/mol. The normalized spacial score (nSPS) is 11.2. The van der Waals surface area contributed by atoms with Crippen LogP contribution in [0.1, 0.15) is 0 Å². The zero-order valence-electron chi connectivity index (χ0n) is 9.58.